The molecule has 0 atom stereocenters. The number of fused-ring (bicyclic) bond motifs is 1. The first kappa shape index (κ1) is 12.9. The van der Waals surface area contributed by atoms with Gasteiger partial charge in [0.25, 0.3) is 0 Å². The minimum Gasteiger partial charge on any atom is -0.477 e. The zero-order chi connectivity index (χ0) is 14.3. The molecule has 2 heterocycles. The highest BCUT2D eigenvalue weighted by molar-refractivity contribution is 7.13. The van der Waals surface area contributed by atoms with Gasteiger partial charge in [0.15, 0.2) is 11.3 Å². The number of hydrogen-bond donors (Lipinski definition) is 1. The SMILES string of the molecule is O=C(O)c1c(-c2cccs2)oc2cccc(Cl)c2c1=O. The quantitative estimate of drug-likeness (QED) is 0.780. The molecule has 3 rings (SSSR count). The molecule has 0 aliphatic rings. The monoisotopic (exact) mass is 306 g/mol. The van der Waals surface area contributed by atoms with Crippen molar-refractivity contribution in [1.29, 1.82) is 0 Å². The van der Waals surface area contributed by atoms with Gasteiger partial charge in [-0.2, -0.15) is 0 Å². The number of halogens is 1. The zero-order valence-corrected chi connectivity index (χ0v) is 11.5. The number of benzene rings is 1. The van der Waals surface area contributed by atoms with Gasteiger partial charge in [-0.05, 0) is 23.6 Å². The van der Waals surface area contributed by atoms with Gasteiger partial charge in [0.05, 0.1) is 15.3 Å². The first-order valence-corrected chi connectivity index (χ1v) is 6.88. The van der Waals surface area contributed by atoms with Gasteiger partial charge < -0.3 is 9.52 Å². The summed E-state index contributed by atoms with van der Waals surface area (Å²) in [6.45, 7) is 0. The number of carboxylic acids is 1. The van der Waals surface area contributed by atoms with Crippen LogP contribution in [0.2, 0.25) is 5.02 Å². The number of carboxylic acid groups (broad SMARTS) is 1. The Morgan fingerprint density at radius 1 is 1.25 bits per heavy atom. The first-order valence-electron chi connectivity index (χ1n) is 5.62. The lowest BCUT2D eigenvalue weighted by molar-refractivity contribution is 0.0695. The van der Waals surface area contributed by atoms with E-state index in [0.717, 1.165) is 0 Å². The Kier molecular flexibility index (Phi) is 3.08. The maximum absolute atomic E-state index is 12.4. The molecule has 2 aromatic heterocycles. The zero-order valence-electron chi connectivity index (χ0n) is 9.92. The summed E-state index contributed by atoms with van der Waals surface area (Å²) in [5.41, 5.74) is -0.753. The molecule has 3 aromatic rings. The number of aromatic carboxylic acids is 1. The van der Waals surface area contributed by atoms with E-state index in [0.29, 0.717) is 4.88 Å². The molecule has 4 nitrogen and oxygen atoms in total. The van der Waals surface area contributed by atoms with Crippen LogP contribution in [0, 0.1) is 0 Å². The van der Waals surface area contributed by atoms with Gasteiger partial charge in [-0.15, -0.1) is 11.3 Å². The molecule has 0 spiro atoms. The van der Waals surface area contributed by atoms with E-state index < -0.39 is 17.0 Å². The van der Waals surface area contributed by atoms with Crippen LogP contribution in [0.25, 0.3) is 21.6 Å². The fraction of sp³-hybridized carbons (Fsp3) is 0. The molecule has 1 N–H and O–H groups in total. The van der Waals surface area contributed by atoms with E-state index in [1.165, 1.54) is 17.4 Å². The van der Waals surface area contributed by atoms with Crippen LogP contribution in [-0.4, -0.2) is 11.1 Å². The van der Waals surface area contributed by atoms with Crippen molar-refractivity contribution in [1.82, 2.24) is 0 Å². The fourth-order valence-corrected chi connectivity index (χ4v) is 2.94. The molecule has 20 heavy (non-hydrogen) atoms. The van der Waals surface area contributed by atoms with Crippen LogP contribution in [0.5, 0.6) is 0 Å². The molecule has 6 heteroatoms. The van der Waals surface area contributed by atoms with Crippen LogP contribution in [0.3, 0.4) is 0 Å². The van der Waals surface area contributed by atoms with Crippen LogP contribution >= 0.6 is 22.9 Å². The summed E-state index contributed by atoms with van der Waals surface area (Å²) in [7, 11) is 0. The Labute approximate surface area is 121 Å². The molecule has 0 amide bonds. The van der Waals surface area contributed by atoms with Gasteiger partial charge in [-0.3, -0.25) is 4.79 Å². The molecular weight excluding hydrogens is 300 g/mol. The molecule has 0 saturated heterocycles. The van der Waals surface area contributed by atoms with E-state index in [-0.39, 0.29) is 21.8 Å². The molecule has 0 bridgehead atoms. The third-order valence-corrected chi connectivity index (χ3v) is 4.01. The molecular formula is C14H7ClO4S. The van der Waals surface area contributed by atoms with E-state index in [9.17, 15) is 14.7 Å². The maximum Gasteiger partial charge on any atom is 0.343 e. The number of hydrogen-bond acceptors (Lipinski definition) is 4. The summed E-state index contributed by atoms with van der Waals surface area (Å²) in [6, 6.07) is 8.22. The lowest BCUT2D eigenvalue weighted by Gasteiger charge is -2.06. The summed E-state index contributed by atoms with van der Waals surface area (Å²) >= 11 is 7.27. The standard InChI is InChI=1S/C14H7ClO4S/c15-7-3-1-4-8-10(7)12(16)11(14(17)18)13(19-8)9-5-2-6-20-9/h1-6H,(H,17,18). The maximum atomic E-state index is 12.4. The third-order valence-electron chi connectivity index (χ3n) is 2.83. The van der Waals surface area contributed by atoms with Crippen LogP contribution < -0.4 is 5.43 Å². The summed E-state index contributed by atoms with van der Waals surface area (Å²) < 4.78 is 5.61. The molecule has 1 aromatic carbocycles. The normalized spacial score (nSPS) is 10.8. The van der Waals surface area contributed by atoms with E-state index >= 15 is 0 Å². The molecule has 100 valence electrons. The van der Waals surface area contributed by atoms with Gasteiger partial charge in [0.2, 0.25) is 5.43 Å². The van der Waals surface area contributed by atoms with Crippen molar-refractivity contribution in [3.05, 3.63) is 56.5 Å². The fourth-order valence-electron chi connectivity index (χ4n) is 1.97. The number of thiophene rings is 1. The van der Waals surface area contributed by atoms with E-state index in [2.05, 4.69) is 0 Å². The van der Waals surface area contributed by atoms with Crippen molar-refractivity contribution >= 4 is 39.9 Å². The summed E-state index contributed by atoms with van der Waals surface area (Å²) in [4.78, 5) is 24.4. The second-order valence-electron chi connectivity index (χ2n) is 4.03. The average Bonchev–Trinajstić information content (AvgIpc) is 2.91. The van der Waals surface area contributed by atoms with Crippen molar-refractivity contribution in [3.63, 3.8) is 0 Å². The summed E-state index contributed by atoms with van der Waals surface area (Å²) in [5.74, 6) is -1.27. The Hall–Kier alpha value is -2.11. The largest absolute Gasteiger partial charge is 0.477 e. The highest BCUT2D eigenvalue weighted by Gasteiger charge is 2.23. The number of carbonyl (C=O) groups is 1. The Morgan fingerprint density at radius 2 is 2.05 bits per heavy atom. The molecule has 0 aliphatic carbocycles. The minimum absolute atomic E-state index is 0.0623. The lowest BCUT2D eigenvalue weighted by Crippen LogP contribution is -2.16. The average molecular weight is 307 g/mol. The topological polar surface area (TPSA) is 67.5 Å². The summed E-state index contributed by atoms with van der Waals surface area (Å²) in [6.07, 6.45) is 0. The van der Waals surface area contributed by atoms with Gasteiger partial charge in [0.1, 0.15) is 5.58 Å². The van der Waals surface area contributed by atoms with Crippen LogP contribution in [0.15, 0.2) is 44.9 Å². The predicted octanol–water partition coefficient (Wildman–Crippen LogP) is 3.87. The third kappa shape index (κ3) is 1.92. The van der Waals surface area contributed by atoms with Crippen LogP contribution in [0.1, 0.15) is 10.4 Å². The second kappa shape index (κ2) is 4.77. The molecule has 0 saturated carbocycles. The summed E-state index contributed by atoms with van der Waals surface area (Å²) in [5, 5.41) is 11.3. The van der Waals surface area contributed by atoms with Gasteiger partial charge in [-0.1, -0.05) is 23.7 Å². The van der Waals surface area contributed by atoms with Crippen molar-refractivity contribution < 1.29 is 14.3 Å². The van der Waals surface area contributed by atoms with Gasteiger partial charge >= 0.3 is 5.97 Å². The van der Waals surface area contributed by atoms with E-state index in [4.69, 9.17) is 16.0 Å². The van der Waals surface area contributed by atoms with E-state index in [1.807, 2.05) is 0 Å². The van der Waals surface area contributed by atoms with Crippen LogP contribution in [-0.2, 0) is 0 Å². The Balaban J connectivity index is 2.50. The molecule has 0 fully saturated rings. The lowest BCUT2D eigenvalue weighted by atomic mass is 10.1. The van der Waals surface area contributed by atoms with Gasteiger partial charge in [0, 0.05) is 0 Å². The van der Waals surface area contributed by atoms with Gasteiger partial charge in [-0.25, -0.2) is 4.79 Å². The van der Waals surface area contributed by atoms with E-state index in [1.54, 1.807) is 29.6 Å². The van der Waals surface area contributed by atoms with Crippen molar-refractivity contribution in [2.45, 2.75) is 0 Å². The molecule has 0 aliphatic heterocycles. The highest BCUT2D eigenvalue weighted by Crippen LogP contribution is 2.31. The van der Waals surface area contributed by atoms with Crippen molar-refractivity contribution in [2.75, 3.05) is 0 Å². The Bertz CT molecular complexity index is 865. The number of rotatable bonds is 2. The van der Waals surface area contributed by atoms with Crippen LogP contribution in [0.4, 0.5) is 0 Å². The predicted molar refractivity (Wildman–Crippen MR) is 77.8 cm³/mol. The highest BCUT2D eigenvalue weighted by atomic mass is 35.5. The minimum atomic E-state index is -1.33. The molecule has 0 radical (unpaired) electrons. The second-order valence-corrected chi connectivity index (χ2v) is 5.39. The Morgan fingerprint density at radius 3 is 2.70 bits per heavy atom. The van der Waals surface area contributed by atoms with Crippen molar-refractivity contribution in [2.24, 2.45) is 0 Å². The smallest absolute Gasteiger partial charge is 0.343 e. The molecule has 0 unspecified atom stereocenters. The first-order chi connectivity index (χ1) is 9.59. The van der Waals surface area contributed by atoms with Crippen molar-refractivity contribution in [3.8, 4) is 10.6 Å².